The Morgan fingerprint density at radius 2 is 2.46 bits per heavy atom. The molecule has 1 fully saturated rings. The fraction of sp³-hybridized carbons (Fsp3) is 0.545. The molecule has 2 atom stereocenters. The van der Waals surface area contributed by atoms with Crippen molar-refractivity contribution in [3.8, 4) is 0 Å². The second kappa shape index (κ2) is 3.77. The largest absolute Gasteiger partial charge is 0.367 e. The van der Waals surface area contributed by atoms with Crippen LogP contribution in [-0.2, 0) is 0 Å². The Hall–Kier alpha value is -1.05. The molecule has 0 spiro atoms. The topological polar surface area (TPSA) is 24.9 Å². The highest BCUT2D eigenvalue weighted by atomic mass is 15.0. The summed E-state index contributed by atoms with van der Waals surface area (Å²) in [6, 6.07) is 6.69. The molecule has 13 heavy (non-hydrogen) atoms. The van der Waals surface area contributed by atoms with Gasteiger partial charge in [0.1, 0.15) is 5.82 Å². The summed E-state index contributed by atoms with van der Waals surface area (Å²) >= 11 is 0. The highest BCUT2D eigenvalue weighted by Crippen LogP contribution is 2.36. The van der Waals surface area contributed by atoms with Crippen LogP contribution in [0.15, 0.2) is 24.4 Å². The van der Waals surface area contributed by atoms with Crippen LogP contribution in [0.5, 0.6) is 0 Å². The quantitative estimate of drug-likeness (QED) is 0.763. The number of rotatable bonds is 4. The lowest BCUT2D eigenvalue weighted by Gasteiger charge is -2.03. The van der Waals surface area contributed by atoms with Gasteiger partial charge in [-0.1, -0.05) is 19.4 Å². The molecule has 1 aromatic rings. The average Bonchev–Trinajstić information content (AvgIpc) is 2.86. The van der Waals surface area contributed by atoms with E-state index in [0.29, 0.717) is 6.04 Å². The van der Waals surface area contributed by atoms with Gasteiger partial charge in [0.05, 0.1) is 0 Å². The average molecular weight is 176 g/mol. The molecule has 1 saturated carbocycles. The molecule has 2 unspecified atom stereocenters. The van der Waals surface area contributed by atoms with Crippen molar-refractivity contribution in [2.75, 3.05) is 5.32 Å². The Kier molecular flexibility index (Phi) is 2.48. The first-order valence-electron chi connectivity index (χ1n) is 5.07. The van der Waals surface area contributed by atoms with Gasteiger partial charge in [-0.15, -0.1) is 0 Å². The predicted octanol–water partition coefficient (Wildman–Crippen LogP) is 2.68. The van der Waals surface area contributed by atoms with Crippen LogP contribution < -0.4 is 5.32 Å². The molecule has 0 aliphatic heterocycles. The summed E-state index contributed by atoms with van der Waals surface area (Å²) in [5.74, 6) is 1.91. The summed E-state index contributed by atoms with van der Waals surface area (Å²) in [4.78, 5) is 4.24. The van der Waals surface area contributed by atoms with Crippen molar-refractivity contribution >= 4 is 5.82 Å². The second-order valence-corrected chi connectivity index (χ2v) is 3.75. The van der Waals surface area contributed by atoms with E-state index in [1.54, 1.807) is 0 Å². The fourth-order valence-electron chi connectivity index (χ4n) is 1.75. The highest BCUT2D eigenvalue weighted by Gasteiger charge is 2.35. The number of hydrogen-bond donors (Lipinski definition) is 1. The molecular weight excluding hydrogens is 160 g/mol. The third-order valence-corrected chi connectivity index (χ3v) is 2.58. The van der Waals surface area contributed by atoms with Gasteiger partial charge in [0.2, 0.25) is 0 Å². The summed E-state index contributed by atoms with van der Waals surface area (Å²) in [5, 5.41) is 3.44. The van der Waals surface area contributed by atoms with E-state index in [9.17, 15) is 0 Å². The van der Waals surface area contributed by atoms with Gasteiger partial charge in [-0.25, -0.2) is 4.98 Å². The maximum atomic E-state index is 4.24. The Labute approximate surface area is 79.4 Å². The van der Waals surface area contributed by atoms with Gasteiger partial charge in [0, 0.05) is 12.2 Å². The molecule has 2 nitrogen and oxygen atoms in total. The number of nitrogens with zero attached hydrogens (tertiary/aromatic N) is 1. The summed E-state index contributed by atoms with van der Waals surface area (Å²) in [6.07, 6.45) is 5.81. The normalized spacial score (nSPS) is 25.6. The lowest BCUT2D eigenvalue weighted by molar-refractivity contribution is 0.692. The first kappa shape index (κ1) is 8.54. The highest BCUT2D eigenvalue weighted by molar-refractivity contribution is 5.36. The summed E-state index contributed by atoms with van der Waals surface area (Å²) in [5.41, 5.74) is 0. The van der Waals surface area contributed by atoms with Crippen molar-refractivity contribution in [2.45, 2.75) is 32.2 Å². The van der Waals surface area contributed by atoms with E-state index in [2.05, 4.69) is 17.2 Å². The maximum absolute atomic E-state index is 4.24. The van der Waals surface area contributed by atoms with E-state index in [1.807, 2.05) is 24.4 Å². The van der Waals surface area contributed by atoms with E-state index >= 15 is 0 Å². The maximum Gasteiger partial charge on any atom is 0.126 e. The minimum atomic E-state index is 0.690. The smallest absolute Gasteiger partial charge is 0.126 e. The van der Waals surface area contributed by atoms with Crippen LogP contribution in [0.3, 0.4) is 0 Å². The van der Waals surface area contributed by atoms with E-state index in [1.165, 1.54) is 19.3 Å². The van der Waals surface area contributed by atoms with Crippen molar-refractivity contribution < 1.29 is 0 Å². The van der Waals surface area contributed by atoms with Crippen LogP contribution in [0, 0.1) is 5.92 Å². The number of aromatic nitrogens is 1. The lowest BCUT2D eigenvalue weighted by atomic mass is 10.2. The monoisotopic (exact) mass is 176 g/mol. The minimum absolute atomic E-state index is 0.690. The fourth-order valence-corrected chi connectivity index (χ4v) is 1.75. The van der Waals surface area contributed by atoms with Gasteiger partial charge in [-0.05, 0) is 30.9 Å². The molecule has 1 heterocycles. The Balaban J connectivity index is 1.81. The molecular formula is C11H16N2. The Bertz CT molecular complexity index is 258. The van der Waals surface area contributed by atoms with Crippen molar-refractivity contribution in [1.82, 2.24) is 4.98 Å². The van der Waals surface area contributed by atoms with Gasteiger partial charge >= 0.3 is 0 Å². The van der Waals surface area contributed by atoms with Crippen LogP contribution in [0.2, 0.25) is 0 Å². The van der Waals surface area contributed by atoms with E-state index in [0.717, 1.165) is 11.7 Å². The molecule has 1 N–H and O–H groups in total. The number of anilines is 1. The van der Waals surface area contributed by atoms with E-state index in [-0.39, 0.29) is 0 Å². The van der Waals surface area contributed by atoms with Crippen molar-refractivity contribution in [3.63, 3.8) is 0 Å². The van der Waals surface area contributed by atoms with Gasteiger partial charge in [0.15, 0.2) is 0 Å². The molecule has 1 aliphatic carbocycles. The van der Waals surface area contributed by atoms with Crippen molar-refractivity contribution in [1.29, 1.82) is 0 Å². The van der Waals surface area contributed by atoms with Gasteiger partial charge in [0.25, 0.3) is 0 Å². The van der Waals surface area contributed by atoms with Crippen LogP contribution in [-0.4, -0.2) is 11.0 Å². The zero-order valence-electron chi connectivity index (χ0n) is 8.03. The summed E-state index contributed by atoms with van der Waals surface area (Å²) < 4.78 is 0. The third kappa shape index (κ3) is 2.20. The molecule has 0 amide bonds. The zero-order chi connectivity index (χ0) is 9.10. The number of pyridine rings is 1. The number of hydrogen-bond acceptors (Lipinski definition) is 2. The first-order valence-corrected chi connectivity index (χ1v) is 5.07. The van der Waals surface area contributed by atoms with Gasteiger partial charge < -0.3 is 5.32 Å². The second-order valence-electron chi connectivity index (χ2n) is 3.75. The van der Waals surface area contributed by atoms with Crippen LogP contribution >= 0.6 is 0 Å². The summed E-state index contributed by atoms with van der Waals surface area (Å²) in [6.45, 7) is 2.25. The zero-order valence-corrected chi connectivity index (χ0v) is 8.03. The van der Waals surface area contributed by atoms with E-state index in [4.69, 9.17) is 0 Å². The van der Waals surface area contributed by atoms with Gasteiger partial charge in [-0.2, -0.15) is 0 Å². The van der Waals surface area contributed by atoms with E-state index < -0.39 is 0 Å². The minimum Gasteiger partial charge on any atom is -0.367 e. The van der Waals surface area contributed by atoms with Crippen molar-refractivity contribution in [2.24, 2.45) is 5.92 Å². The summed E-state index contributed by atoms with van der Waals surface area (Å²) in [7, 11) is 0. The molecule has 2 rings (SSSR count). The first-order chi connectivity index (χ1) is 6.40. The standard InChI is InChI=1S/C11H16N2/c1-2-5-9-8-10(9)13-11-6-3-4-7-12-11/h3-4,6-7,9-10H,2,5,8H2,1H3,(H,12,13). The lowest BCUT2D eigenvalue weighted by Crippen LogP contribution is -2.05. The van der Waals surface area contributed by atoms with Crippen LogP contribution in [0.1, 0.15) is 26.2 Å². The molecule has 0 aromatic carbocycles. The molecule has 0 saturated heterocycles. The molecule has 0 radical (unpaired) electrons. The number of nitrogens with one attached hydrogen (secondary N) is 1. The molecule has 0 bridgehead atoms. The van der Waals surface area contributed by atoms with Crippen LogP contribution in [0.4, 0.5) is 5.82 Å². The third-order valence-electron chi connectivity index (χ3n) is 2.58. The Morgan fingerprint density at radius 1 is 1.54 bits per heavy atom. The predicted molar refractivity (Wildman–Crippen MR) is 54.7 cm³/mol. The molecule has 1 aliphatic rings. The van der Waals surface area contributed by atoms with Crippen molar-refractivity contribution in [3.05, 3.63) is 24.4 Å². The van der Waals surface area contributed by atoms with Crippen LogP contribution in [0.25, 0.3) is 0 Å². The Morgan fingerprint density at radius 3 is 3.15 bits per heavy atom. The molecule has 1 aromatic heterocycles. The molecule has 70 valence electrons. The SMILES string of the molecule is CCCC1CC1Nc1ccccn1. The van der Waals surface area contributed by atoms with Gasteiger partial charge in [-0.3, -0.25) is 0 Å². The molecule has 2 heteroatoms.